The van der Waals surface area contributed by atoms with Crippen molar-refractivity contribution in [3.63, 3.8) is 0 Å². The summed E-state index contributed by atoms with van der Waals surface area (Å²) in [7, 11) is 1.53. The molecule has 0 spiro atoms. The minimum atomic E-state index is -0.578. The quantitative estimate of drug-likeness (QED) is 0.595. The molecule has 2 aromatic rings. The van der Waals surface area contributed by atoms with Gasteiger partial charge in [-0.15, -0.1) is 0 Å². The Morgan fingerprint density at radius 2 is 1.54 bits per heavy atom. The molecule has 8 nitrogen and oxygen atoms in total. The highest BCUT2D eigenvalue weighted by atomic mass is 16.5. The Labute approximate surface area is 163 Å². The van der Waals surface area contributed by atoms with Gasteiger partial charge in [0.05, 0.1) is 13.2 Å². The van der Waals surface area contributed by atoms with Gasteiger partial charge in [-0.3, -0.25) is 25.2 Å². The molecule has 1 atom stereocenters. The van der Waals surface area contributed by atoms with Gasteiger partial charge < -0.3 is 14.8 Å². The molecule has 2 aromatic carbocycles. The summed E-state index contributed by atoms with van der Waals surface area (Å²) in [5.41, 5.74) is 5.82. The molecule has 0 aromatic heterocycles. The lowest BCUT2D eigenvalue weighted by Crippen LogP contribution is -2.43. The molecule has 8 heteroatoms. The largest absolute Gasteiger partial charge is 0.497 e. The van der Waals surface area contributed by atoms with E-state index in [2.05, 4.69) is 16.2 Å². The van der Waals surface area contributed by atoms with Crippen LogP contribution in [0.5, 0.6) is 5.75 Å². The summed E-state index contributed by atoms with van der Waals surface area (Å²) >= 11 is 0. The summed E-state index contributed by atoms with van der Waals surface area (Å²) in [6, 6.07) is 15.7. The summed E-state index contributed by atoms with van der Waals surface area (Å²) in [4.78, 5) is 35.5. The number of benzene rings is 2. The molecule has 28 heavy (non-hydrogen) atoms. The number of hydrogen-bond acceptors (Lipinski definition) is 5. The van der Waals surface area contributed by atoms with Crippen molar-refractivity contribution in [3.8, 4) is 5.75 Å². The number of ether oxygens (including phenoxy) is 2. The van der Waals surface area contributed by atoms with Crippen LogP contribution >= 0.6 is 0 Å². The van der Waals surface area contributed by atoms with Gasteiger partial charge in [-0.05, 0) is 36.8 Å². The molecule has 3 N–H and O–H groups in total. The first-order valence-corrected chi connectivity index (χ1v) is 8.65. The average molecular weight is 385 g/mol. The number of hydrogen-bond donors (Lipinski definition) is 3. The van der Waals surface area contributed by atoms with Crippen LogP contribution in [0.15, 0.2) is 54.6 Å². The second-order valence-electron chi connectivity index (χ2n) is 5.92. The van der Waals surface area contributed by atoms with Crippen molar-refractivity contribution in [3.05, 3.63) is 65.7 Å². The molecule has 0 aliphatic carbocycles. The summed E-state index contributed by atoms with van der Waals surface area (Å²) < 4.78 is 10.1. The highest BCUT2D eigenvalue weighted by molar-refractivity contribution is 5.95. The Hall–Kier alpha value is -3.39. The summed E-state index contributed by atoms with van der Waals surface area (Å²) in [6.45, 7) is 1.22. The van der Waals surface area contributed by atoms with Crippen molar-refractivity contribution >= 4 is 17.7 Å². The van der Waals surface area contributed by atoms with Crippen LogP contribution in [-0.2, 0) is 14.3 Å². The molecule has 0 saturated carbocycles. The van der Waals surface area contributed by atoms with Gasteiger partial charge in [0.25, 0.3) is 11.8 Å². The van der Waals surface area contributed by atoms with E-state index in [9.17, 15) is 14.4 Å². The monoisotopic (exact) mass is 385 g/mol. The second-order valence-corrected chi connectivity index (χ2v) is 5.92. The van der Waals surface area contributed by atoms with Crippen molar-refractivity contribution in [1.82, 2.24) is 16.2 Å². The number of amides is 3. The van der Waals surface area contributed by atoms with E-state index < -0.39 is 11.8 Å². The molecule has 0 bridgehead atoms. The van der Waals surface area contributed by atoms with Crippen LogP contribution in [0.3, 0.4) is 0 Å². The maximum absolute atomic E-state index is 11.9. The van der Waals surface area contributed by atoms with Gasteiger partial charge >= 0.3 is 0 Å². The molecule has 0 fully saturated rings. The summed E-state index contributed by atoms with van der Waals surface area (Å²) in [5.74, 6) is -0.781. The van der Waals surface area contributed by atoms with Crippen LogP contribution in [0.4, 0.5) is 0 Å². The number of nitrogens with one attached hydrogen (secondary N) is 3. The molecule has 0 heterocycles. The van der Waals surface area contributed by atoms with E-state index in [0.717, 1.165) is 5.56 Å². The molecule has 3 amide bonds. The number of carbonyl (C=O) groups excluding carboxylic acids is 3. The standard InChI is InChI=1S/C20H23N3O5/c1-14(15-6-4-3-5-7-15)21-18(24)12-28-13-19(25)22-23-20(26)16-8-10-17(27-2)11-9-16/h3-11,14H,12-13H2,1-2H3,(H,21,24)(H,22,25)(H,23,26)/t14-/m1/s1. The first kappa shape index (κ1) is 20.9. The molecule has 148 valence electrons. The lowest BCUT2D eigenvalue weighted by Gasteiger charge is -2.14. The number of methoxy groups -OCH3 is 1. The maximum atomic E-state index is 11.9. The Kier molecular flexibility index (Phi) is 7.98. The summed E-state index contributed by atoms with van der Waals surface area (Å²) in [5, 5.41) is 2.78. The van der Waals surface area contributed by atoms with E-state index in [1.54, 1.807) is 24.3 Å². The Bertz CT molecular complexity index is 793. The van der Waals surface area contributed by atoms with Gasteiger partial charge in [-0.1, -0.05) is 30.3 Å². The van der Waals surface area contributed by atoms with Gasteiger partial charge in [-0.25, -0.2) is 0 Å². The third kappa shape index (κ3) is 6.73. The lowest BCUT2D eigenvalue weighted by atomic mass is 10.1. The fraction of sp³-hybridized carbons (Fsp3) is 0.250. The summed E-state index contributed by atoms with van der Waals surface area (Å²) in [6.07, 6.45) is 0. The predicted molar refractivity (Wildman–Crippen MR) is 102 cm³/mol. The molecule has 0 unspecified atom stereocenters. The fourth-order valence-corrected chi connectivity index (χ4v) is 2.32. The highest BCUT2D eigenvalue weighted by Crippen LogP contribution is 2.11. The van der Waals surface area contributed by atoms with Crippen molar-refractivity contribution in [2.75, 3.05) is 20.3 Å². The molecular formula is C20H23N3O5. The first-order chi connectivity index (χ1) is 13.5. The topological polar surface area (TPSA) is 106 Å². The van der Waals surface area contributed by atoms with Crippen molar-refractivity contribution < 1.29 is 23.9 Å². The smallest absolute Gasteiger partial charge is 0.269 e. The van der Waals surface area contributed by atoms with E-state index in [0.29, 0.717) is 11.3 Å². The van der Waals surface area contributed by atoms with Crippen LogP contribution in [0.25, 0.3) is 0 Å². The number of hydrazine groups is 1. The molecule has 0 aliphatic rings. The van der Waals surface area contributed by atoms with Crippen LogP contribution in [0, 0.1) is 0 Å². The van der Waals surface area contributed by atoms with E-state index in [4.69, 9.17) is 9.47 Å². The van der Waals surface area contributed by atoms with Gasteiger partial charge in [0.1, 0.15) is 19.0 Å². The third-order valence-electron chi connectivity index (χ3n) is 3.81. The zero-order chi connectivity index (χ0) is 20.4. The fourth-order valence-electron chi connectivity index (χ4n) is 2.32. The molecule has 0 saturated heterocycles. The van der Waals surface area contributed by atoms with Crippen LogP contribution in [-0.4, -0.2) is 38.0 Å². The SMILES string of the molecule is COc1ccc(C(=O)NNC(=O)COCC(=O)N[C@H](C)c2ccccc2)cc1. The van der Waals surface area contributed by atoms with Crippen molar-refractivity contribution in [2.24, 2.45) is 0 Å². The van der Waals surface area contributed by atoms with E-state index in [1.807, 2.05) is 37.3 Å². The number of carbonyl (C=O) groups is 3. The highest BCUT2D eigenvalue weighted by Gasteiger charge is 2.11. The van der Waals surface area contributed by atoms with Crippen molar-refractivity contribution in [1.29, 1.82) is 0 Å². The van der Waals surface area contributed by atoms with E-state index in [-0.39, 0.29) is 25.2 Å². The third-order valence-corrected chi connectivity index (χ3v) is 3.81. The van der Waals surface area contributed by atoms with Crippen molar-refractivity contribution in [2.45, 2.75) is 13.0 Å². The molecule has 2 rings (SSSR count). The Balaban J connectivity index is 1.65. The second kappa shape index (κ2) is 10.7. The zero-order valence-corrected chi connectivity index (χ0v) is 15.7. The maximum Gasteiger partial charge on any atom is 0.269 e. The molecular weight excluding hydrogens is 362 g/mol. The van der Waals surface area contributed by atoms with E-state index >= 15 is 0 Å². The minimum Gasteiger partial charge on any atom is -0.497 e. The Morgan fingerprint density at radius 1 is 0.893 bits per heavy atom. The number of rotatable bonds is 8. The van der Waals surface area contributed by atoms with Gasteiger partial charge in [0.2, 0.25) is 5.91 Å². The van der Waals surface area contributed by atoms with E-state index in [1.165, 1.54) is 7.11 Å². The molecule has 0 aliphatic heterocycles. The van der Waals surface area contributed by atoms with Crippen LogP contribution in [0.2, 0.25) is 0 Å². The average Bonchev–Trinajstić information content (AvgIpc) is 2.72. The lowest BCUT2D eigenvalue weighted by molar-refractivity contribution is -0.131. The van der Waals surface area contributed by atoms with Gasteiger partial charge in [0.15, 0.2) is 0 Å². The predicted octanol–water partition coefficient (Wildman–Crippen LogP) is 1.35. The zero-order valence-electron chi connectivity index (χ0n) is 15.7. The normalized spacial score (nSPS) is 11.2. The first-order valence-electron chi connectivity index (χ1n) is 8.65. The van der Waals surface area contributed by atoms with Crippen LogP contribution < -0.4 is 20.9 Å². The Morgan fingerprint density at radius 3 is 2.18 bits per heavy atom. The molecule has 0 radical (unpaired) electrons. The van der Waals surface area contributed by atoms with Crippen LogP contribution in [0.1, 0.15) is 28.9 Å². The minimum absolute atomic E-state index is 0.171. The van der Waals surface area contributed by atoms with Gasteiger partial charge in [0, 0.05) is 5.56 Å². The van der Waals surface area contributed by atoms with Gasteiger partial charge in [-0.2, -0.15) is 0 Å².